The molecule has 0 spiro atoms. The zero-order valence-corrected chi connectivity index (χ0v) is 14.8. The fraction of sp³-hybridized carbons (Fsp3) is 0.0556. The summed E-state index contributed by atoms with van der Waals surface area (Å²) < 4.78 is 13.7. The van der Waals surface area contributed by atoms with Crippen LogP contribution in [0.15, 0.2) is 53.4 Å². The SMILES string of the molecule is O=C(CN1C(=O)S/C(=C/c2ccccc2F)C1=O)Nc1cccc(Cl)c1. The van der Waals surface area contributed by atoms with E-state index >= 15 is 0 Å². The summed E-state index contributed by atoms with van der Waals surface area (Å²) in [6.45, 7) is -0.439. The second kappa shape index (κ2) is 7.72. The summed E-state index contributed by atoms with van der Waals surface area (Å²) in [7, 11) is 0. The minimum Gasteiger partial charge on any atom is -0.324 e. The molecule has 1 aliphatic rings. The Morgan fingerprint density at radius 1 is 1.19 bits per heavy atom. The van der Waals surface area contributed by atoms with Crippen molar-refractivity contribution in [3.63, 3.8) is 0 Å². The van der Waals surface area contributed by atoms with Gasteiger partial charge in [0.25, 0.3) is 11.1 Å². The number of imide groups is 1. The highest BCUT2D eigenvalue weighted by atomic mass is 35.5. The highest BCUT2D eigenvalue weighted by Crippen LogP contribution is 2.32. The lowest BCUT2D eigenvalue weighted by atomic mass is 10.2. The molecule has 0 atom stereocenters. The van der Waals surface area contributed by atoms with Gasteiger partial charge >= 0.3 is 0 Å². The Labute approximate surface area is 157 Å². The van der Waals surface area contributed by atoms with Gasteiger partial charge in [-0.25, -0.2) is 4.39 Å². The Hall–Kier alpha value is -2.64. The van der Waals surface area contributed by atoms with E-state index < -0.39 is 29.4 Å². The minimum absolute atomic E-state index is 0.0654. The highest BCUT2D eigenvalue weighted by molar-refractivity contribution is 8.18. The molecule has 1 heterocycles. The van der Waals surface area contributed by atoms with Crippen molar-refractivity contribution >= 4 is 52.2 Å². The van der Waals surface area contributed by atoms with Crippen LogP contribution in [0, 0.1) is 5.82 Å². The molecule has 1 saturated heterocycles. The van der Waals surface area contributed by atoms with Crippen LogP contribution in [0.25, 0.3) is 6.08 Å². The van der Waals surface area contributed by atoms with E-state index in [0.717, 1.165) is 4.90 Å². The van der Waals surface area contributed by atoms with Crippen LogP contribution in [0.1, 0.15) is 5.56 Å². The summed E-state index contributed by atoms with van der Waals surface area (Å²) in [6.07, 6.45) is 1.30. The molecule has 0 aliphatic carbocycles. The summed E-state index contributed by atoms with van der Waals surface area (Å²) in [6, 6.07) is 12.4. The molecule has 2 aromatic rings. The molecule has 0 saturated carbocycles. The van der Waals surface area contributed by atoms with E-state index in [1.165, 1.54) is 24.3 Å². The van der Waals surface area contributed by atoms with Gasteiger partial charge in [-0.2, -0.15) is 0 Å². The molecule has 0 aromatic heterocycles. The fourth-order valence-electron chi connectivity index (χ4n) is 2.28. The quantitative estimate of drug-likeness (QED) is 0.796. The van der Waals surface area contributed by atoms with Gasteiger partial charge in [0.1, 0.15) is 12.4 Å². The van der Waals surface area contributed by atoms with Gasteiger partial charge in [-0.15, -0.1) is 0 Å². The third kappa shape index (κ3) is 4.12. The Morgan fingerprint density at radius 3 is 2.69 bits per heavy atom. The lowest BCUT2D eigenvalue weighted by Crippen LogP contribution is -2.36. The number of hydrogen-bond donors (Lipinski definition) is 1. The van der Waals surface area contributed by atoms with Crippen LogP contribution >= 0.6 is 23.4 Å². The van der Waals surface area contributed by atoms with Crippen LogP contribution in [0.4, 0.5) is 14.9 Å². The smallest absolute Gasteiger partial charge is 0.294 e. The standard InChI is InChI=1S/C18H12ClFN2O3S/c19-12-5-3-6-13(9-12)21-16(23)10-22-17(24)15(26-18(22)25)8-11-4-1-2-7-14(11)20/h1-9H,10H2,(H,21,23)/b15-8+. The van der Waals surface area contributed by atoms with E-state index in [2.05, 4.69) is 5.32 Å². The molecule has 3 amide bonds. The number of halogens is 2. The average molecular weight is 391 g/mol. The number of carbonyl (C=O) groups is 3. The maximum Gasteiger partial charge on any atom is 0.294 e. The summed E-state index contributed by atoms with van der Waals surface area (Å²) >= 11 is 6.51. The summed E-state index contributed by atoms with van der Waals surface area (Å²) in [4.78, 5) is 37.4. The Kier molecular flexibility index (Phi) is 5.39. The maximum absolute atomic E-state index is 13.7. The number of benzene rings is 2. The molecule has 3 rings (SSSR count). The zero-order valence-electron chi connectivity index (χ0n) is 13.2. The first kappa shape index (κ1) is 18.2. The predicted molar refractivity (Wildman–Crippen MR) is 99.2 cm³/mol. The number of amides is 3. The predicted octanol–water partition coefficient (Wildman–Crippen LogP) is 4.15. The number of nitrogens with zero attached hydrogens (tertiary/aromatic N) is 1. The number of nitrogens with one attached hydrogen (secondary N) is 1. The molecular formula is C18H12ClFN2O3S. The monoisotopic (exact) mass is 390 g/mol. The van der Waals surface area contributed by atoms with Crippen molar-refractivity contribution < 1.29 is 18.8 Å². The van der Waals surface area contributed by atoms with Gasteiger partial charge in [-0.3, -0.25) is 19.3 Å². The molecule has 2 aromatic carbocycles. The van der Waals surface area contributed by atoms with E-state index in [-0.39, 0.29) is 10.5 Å². The van der Waals surface area contributed by atoms with E-state index in [0.29, 0.717) is 22.5 Å². The van der Waals surface area contributed by atoms with Crippen molar-refractivity contribution in [2.75, 3.05) is 11.9 Å². The molecule has 1 N–H and O–H groups in total. The zero-order chi connectivity index (χ0) is 18.7. The van der Waals surface area contributed by atoms with E-state index in [1.54, 1.807) is 30.3 Å². The van der Waals surface area contributed by atoms with Crippen molar-refractivity contribution in [1.29, 1.82) is 0 Å². The van der Waals surface area contributed by atoms with E-state index in [4.69, 9.17) is 11.6 Å². The van der Waals surface area contributed by atoms with Crippen molar-refractivity contribution in [3.8, 4) is 0 Å². The van der Waals surface area contributed by atoms with Gasteiger partial charge in [0, 0.05) is 16.3 Å². The lowest BCUT2D eigenvalue weighted by molar-refractivity contribution is -0.127. The molecule has 0 unspecified atom stereocenters. The van der Waals surface area contributed by atoms with E-state index in [1.807, 2.05) is 0 Å². The Balaban J connectivity index is 1.71. The topological polar surface area (TPSA) is 66.5 Å². The Bertz CT molecular complexity index is 932. The number of rotatable bonds is 4. The third-order valence-corrected chi connectivity index (χ3v) is 4.62. The molecule has 0 radical (unpaired) electrons. The number of hydrogen-bond acceptors (Lipinski definition) is 4. The summed E-state index contributed by atoms with van der Waals surface area (Å²) in [5.41, 5.74) is 0.651. The number of thioether (sulfide) groups is 1. The first-order valence-electron chi connectivity index (χ1n) is 7.49. The molecule has 0 bridgehead atoms. The second-order valence-electron chi connectivity index (χ2n) is 5.35. The van der Waals surface area contributed by atoms with Gasteiger partial charge in [0.2, 0.25) is 5.91 Å². The fourth-order valence-corrected chi connectivity index (χ4v) is 3.30. The summed E-state index contributed by atoms with van der Waals surface area (Å²) in [5, 5.41) is 2.43. The molecule has 1 fully saturated rings. The number of anilines is 1. The van der Waals surface area contributed by atoms with Crippen molar-refractivity contribution in [3.05, 3.63) is 69.8 Å². The van der Waals surface area contributed by atoms with Gasteiger partial charge in [0.05, 0.1) is 4.91 Å². The molecule has 5 nitrogen and oxygen atoms in total. The van der Waals surface area contributed by atoms with Crippen LogP contribution in [-0.2, 0) is 9.59 Å². The highest BCUT2D eigenvalue weighted by Gasteiger charge is 2.36. The largest absolute Gasteiger partial charge is 0.324 e. The van der Waals surface area contributed by atoms with Gasteiger partial charge in [-0.05, 0) is 42.1 Å². The first-order valence-corrected chi connectivity index (χ1v) is 8.69. The van der Waals surface area contributed by atoms with Crippen LogP contribution in [0.2, 0.25) is 5.02 Å². The van der Waals surface area contributed by atoms with Crippen molar-refractivity contribution in [2.45, 2.75) is 0 Å². The van der Waals surface area contributed by atoms with E-state index in [9.17, 15) is 18.8 Å². The van der Waals surface area contributed by atoms with Crippen molar-refractivity contribution in [2.24, 2.45) is 0 Å². The van der Waals surface area contributed by atoms with Gasteiger partial charge < -0.3 is 5.32 Å². The second-order valence-corrected chi connectivity index (χ2v) is 6.78. The maximum atomic E-state index is 13.7. The molecule has 132 valence electrons. The third-order valence-electron chi connectivity index (χ3n) is 3.48. The van der Waals surface area contributed by atoms with Crippen LogP contribution < -0.4 is 5.32 Å². The molecular weight excluding hydrogens is 379 g/mol. The van der Waals surface area contributed by atoms with Gasteiger partial charge in [0.15, 0.2) is 0 Å². The van der Waals surface area contributed by atoms with Gasteiger partial charge in [-0.1, -0.05) is 35.9 Å². The molecule has 26 heavy (non-hydrogen) atoms. The number of carbonyl (C=O) groups excluding carboxylic acids is 3. The first-order chi connectivity index (χ1) is 12.4. The normalized spacial score (nSPS) is 15.6. The van der Waals surface area contributed by atoms with Crippen LogP contribution in [0.3, 0.4) is 0 Å². The van der Waals surface area contributed by atoms with Crippen LogP contribution in [0.5, 0.6) is 0 Å². The minimum atomic E-state index is -0.635. The average Bonchev–Trinajstić information content (AvgIpc) is 2.84. The van der Waals surface area contributed by atoms with Crippen LogP contribution in [-0.4, -0.2) is 28.5 Å². The molecule has 1 aliphatic heterocycles. The lowest BCUT2D eigenvalue weighted by Gasteiger charge is -2.12. The molecule has 8 heteroatoms. The Morgan fingerprint density at radius 2 is 1.96 bits per heavy atom. The van der Waals surface area contributed by atoms with Crippen molar-refractivity contribution in [1.82, 2.24) is 4.90 Å². The summed E-state index contributed by atoms with van der Waals surface area (Å²) in [5.74, 6) is -1.68.